The van der Waals surface area contributed by atoms with E-state index in [-0.39, 0.29) is 19.5 Å². The van der Waals surface area contributed by atoms with Crippen LogP contribution in [0, 0.1) is 0 Å². The number of nitrogens with zero attached hydrogens (tertiary/aromatic N) is 6. The minimum absolute atomic E-state index is 0. The molecule has 0 spiro atoms. The quantitative estimate of drug-likeness (QED) is 0.0759. The maximum atomic E-state index is 5.39. The van der Waals surface area contributed by atoms with Crippen molar-refractivity contribution < 1.29 is 57.4 Å². The third kappa shape index (κ3) is 13.6. The summed E-state index contributed by atoms with van der Waals surface area (Å²) in [6.45, 7) is 0. The Labute approximate surface area is 518 Å². The van der Waals surface area contributed by atoms with Gasteiger partial charge < -0.3 is 57.8 Å². The predicted octanol–water partition coefficient (Wildman–Crippen LogP) is 15.3. The number of aromatic nitrogens is 2. The van der Waals surface area contributed by atoms with Gasteiger partial charge in [-0.25, -0.2) is 0 Å². The number of benzene rings is 8. The van der Waals surface area contributed by atoms with Crippen LogP contribution in [0.3, 0.4) is 0 Å². The summed E-state index contributed by atoms with van der Waals surface area (Å²) in [7, 11) is 13.2. The molecule has 2 aromatic heterocycles. The first-order valence-electron chi connectivity index (χ1n) is 27.5. The first-order valence-corrected chi connectivity index (χ1v) is 27.5. The average Bonchev–Trinajstić information content (AvgIpc) is 2.48. The van der Waals surface area contributed by atoms with Crippen molar-refractivity contribution in [2.45, 2.75) is 0 Å². The van der Waals surface area contributed by atoms with E-state index in [9.17, 15) is 0 Å². The van der Waals surface area contributed by atoms with Crippen LogP contribution in [0.4, 0.5) is 11.6 Å². The average molecular weight is 1200 g/mol. The van der Waals surface area contributed by atoms with Crippen molar-refractivity contribution in [1.29, 1.82) is 0 Å². The van der Waals surface area contributed by atoms with Gasteiger partial charge in [-0.3, -0.25) is 9.98 Å². The molecule has 0 atom stereocenters. The third-order valence-corrected chi connectivity index (χ3v) is 14.6. The van der Waals surface area contributed by atoms with E-state index >= 15 is 0 Å². The van der Waals surface area contributed by atoms with Crippen molar-refractivity contribution in [1.82, 2.24) is 9.97 Å². The van der Waals surface area contributed by atoms with Crippen molar-refractivity contribution in [3.8, 4) is 90.8 Å². The number of methoxy groups -OCH3 is 8. The van der Waals surface area contributed by atoms with E-state index in [2.05, 4.69) is 24.3 Å². The largest absolute Gasteiger partial charge is 2.00 e. The molecule has 4 heterocycles. The van der Waals surface area contributed by atoms with Gasteiger partial charge in [-0.1, -0.05) is 84.9 Å². The molecule has 0 bridgehead atoms. The third-order valence-electron chi connectivity index (χ3n) is 14.6. The van der Waals surface area contributed by atoms with E-state index in [1.54, 1.807) is 56.9 Å². The second-order valence-corrected chi connectivity index (χ2v) is 19.6. The Bertz CT molecular complexity index is 3910. The minimum atomic E-state index is 0. The Morgan fingerprint density at radius 1 is 0.276 bits per heavy atom. The van der Waals surface area contributed by atoms with Gasteiger partial charge in [0.2, 0.25) is 0 Å². The molecule has 0 amide bonds. The molecule has 10 aromatic rings. The van der Waals surface area contributed by atoms with Crippen LogP contribution in [0.25, 0.3) is 55.9 Å². The van der Waals surface area contributed by atoms with E-state index in [1.165, 1.54) is 0 Å². The van der Waals surface area contributed by atoms with Crippen LogP contribution in [0.1, 0.15) is 22.3 Å². The molecule has 0 unspecified atom stereocenters. The van der Waals surface area contributed by atoms with Gasteiger partial charge in [0.15, 0.2) is 0 Å². The summed E-state index contributed by atoms with van der Waals surface area (Å²) in [5.41, 5.74) is 14.5. The molecule has 0 radical (unpaired) electrons. The minimum Gasteiger partial charge on any atom is -0.497 e. The standard InChI is InChI=1S/2C36H30N3O4.Zn/c2*1-40-27-13-5-23(6-14-27)31-21-33(25-9-17-29(42-3)18-10-25)37-35(31)39-36-32(24-7-15-28(41-2)16-8-24)22-34(38-36)26-11-19-30(43-4)20-12-26;/h2*5-22H,1-4H3;/q2*-1;+2/b2*39-35-;. The first-order chi connectivity index (χ1) is 42.2. The van der Waals surface area contributed by atoms with Crippen LogP contribution >= 0.6 is 0 Å². The van der Waals surface area contributed by atoms with Gasteiger partial charge in [-0.05, 0) is 201 Å². The smallest absolute Gasteiger partial charge is 0.497 e. The van der Waals surface area contributed by atoms with Gasteiger partial charge in [-0.2, -0.15) is 0 Å². The summed E-state index contributed by atoms with van der Waals surface area (Å²) >= 11 is 0. The summed E-state index contributed by atoms with van der Waals surface area (Å²) in [5, 5.41) is 0. The van der Waals surface area contributed by atoms with Crippen molar-refractivity contribution in [2.24, 2.45) is 20.0 Å². The number of amidine groups is 2. The van der Waals surface area contributed by atoms with E-state index in [0.29, 0.717) is 23.3 Å². The van der Waals surface area contributed by atoms with E-state index in [0.717, 1.165) is 136 Å². The zero-order valence-electron chi connectivity index (χ0n) is 49.4. The summed E-state index contributed by atoms with van der Waals surface area (Å²) in [6, 6.07) is 67.1. The number of allylic oxidation sites excluding steroid dienone is 2. The molecule has 0 saturated carbocycles. The van der Waals surface area contributed by atoms with Gasteiger partial charge in [-0.15, -0.1) is 0 Å². The van der Waals surface area contributed by atoms with Gasteiger partial charge in [0.05, 0.1) is 80.0 Å². The van der Waals surface area contributed by atoms with Crippen LogP contribution in [0.5, 0.6) is 46.0 Å². The summed E-state index contributed by atoms with van der Waals surface area (Å²) in [4.78, 5) is 30.2. The predicted molar refractivity (Wildman–Crippen MR) is 343 cm³/mol. The summed E-state index contributed by atoms with van der Waals surface area (Å²) < 4.78 is 43.0. The number of ether oxygens (including phenoxy) is 8. The summed E-state index contributed by atoms with van der Waals surface area (Å²) in [5.74, 6) is 8.55. The van der Waals surface area contributed by atoms with Crippen molar-refractivity contribution in [3.63, 3.8) is 0 Å². The number of hydrogen-bond donors (Lipinski definition) is 0. The molecular formula is C72H60N6O8Zn. The molecule has 0 saturated heterocycles. The van der Waals surface area contributed by atoms with Gasteiger partial charge in [0.25, 0.3) is 0 Å². The van der Waals surface area contributed by atoms with E-state index < -0.39 is 0 Å². The molecule has 87 heavy (non-hydrogen) atoms. The fourth-order valence-corrected chi connectivity index (χ4v) is 9.74. The van der Waals surface area contributed by atoms with Crippen molar-refractivity contribution >= 4 is 45.9 Å². The fourth-order valence-electron chi connectivity index (χ4n) is 9.74. The first kappa shape index (κ1) is 59.7. The van der Waals surface area contributed by atoms with Gasteiger partial charge >= 0.3 is 19.5 Å². The van der Waals surface area contributed by atoms with E-state index in [1.807, 2.05) is 194 Å². The van der Waals surface area contributed by atoms with Crippen LogP contribution in [0.15, 0.2) is 238 Å². The Balaban J connectivity index is 0.000000190. The molecule has 0 N–H and O–H groups in total. The van der Waals surface area contributed by atoms with Crippen LogP contribution < -0.4 is 47.9 Å². The van der Waals surface area contributed by atoms with Crippen LogP contribution in [0.2, 0.25) is 0 Å². The summed E-state index contributed by atoms with van der Waals surface area (Å²) in [6.07, 6.45) is 4.12. The fraction of sp³-hybridized carbons (Fsp3) is 0.111. The monoisotopic (exact) mass is 1200 g/mol. The van der Waals surface area contributed by atoms with Crippen LogP contribution in [-0.2, 0) is 19.5 Å². The van der Waals surface area contributed by atoms with Gasteiger partial charge in [0.1, 0.15) is 46.0 Å². The number of rotatable bonds is 18. The second kappa shape index (κ2) is 27.5. The zero-order chi connectivity index (χ0) is 59.5. The topological polar surface area (TPSA) is 151 Å². The molecule has 0 fully saturated rings. The number of aliphatic imine (C=N–C) groups is 4. The Morgan fingerprint density at radius 2 is 0.494 bits per heavy atom. The Kier molecular flexibility index (Phi) is 18.8. The molecule has 12 rings (SSSR count). The molecule has 2 aliphatic heterocycles. The van der Waals surface area contributed by atoms with Crippen molar-refractivity contribution in [3.05, 3.63) is 241 Å². The molecule has 14 nitrogen and oxygen atoms in total. The molecule has 8 aromatic carbocycles. The molecule has 0 aliphatic carbocycles. The maximum Gasteiger partial charge on any atom is 2.00 e. The van der Waals surface area contributed by atoms with Gasteiger partial charge in [0, 0.05) is 22.3 Å². The molecular weight excluding hydrogens is 1140 g/mol. The van der Waals surface area contributed by atoms with Crippen LogP contribution in [-0.4, -0.2) is 80.0 Å². The number of hydrogen-bond acceptors (Lipinski definition) is 10. The Morgan fingerprint density at radius 3 is 0.736 bits per heavy atom. The maximum absolute atomic E-state index is 5.39. The molecule has 2 aliphatic rings. The normalized spacial score (nSPS) is 13.3. The van der Waals surface area contributed by atoms with Crippen molar-refractivity contribution in [2.75, 3.05) is 56.9 Å². The Hall–Kier alpha value is -10.5. The zero-order valence-corrected chi connectivity index (χ0v) is 52.4. The molecule has 428 valence electrons. The molecule has 15 heteroatoms. The van der Waals surface area contributed by atoms with E-state index in [4.69, 9.17) is 67.8 Å². The SMILES string of the molecule is COc1ccc(C2=CC(c3ccc(OC)cc3)=N/C2=N\c2[n-]c(-c3ccc(OC)cc3)cc2-c2ccc(OC)cc2)cc1.COc1ccc(C2=CC(c3ccc(OC)cc3)=N/C2=N\c2[n-]c(-c3ccc(OC)cc3)cc2-c2ccc(OC)cc2)cc1.[Zn+2]. The second-order valence-electron chi connectivity index (χ2n) is 19.6.